The normalized spacial score (nSPS) is 22.9. The van der Waals surface area contributed by atoms with E-state index in [9.17, 15) is 0 Å². The van der Waals surface area contributed by atoms with Gasteiger partial charge >= 0.3 is 0 Å². The van der Waals surface area contributed by atoms with Crippen molar-refractivity contribution in [2.45, 2.75) is 114 Å². The maximum Gasteiger partial charge on any atom is 0.250 e. The molecule has 6 nitrogen and oxygen atoms in total. The van der Waals surface area contributed by atoms with E-state index in [1.54, 1.807) is 0 Å². The summed E-state index contributed by atoms with van der Waals surface area (Å²) in [7, 11) is -4.92. The van der Waals surface area contributed by atoms with Crippen LogP contribution in [-0.2, 0) is 42.4 Å². The number of hydrogen-bond acceptors (Lipinski definition) is 4. The van der Waals surface area contributed by atoms with E-state index < -0.39 is 33.6 Å². The number of para-hydroxylation sites is 2. The smallest absolute Gasteiger partial charge is 0.250 e. The van der Waals surface area contributed by atoms with E-state index in [0.717, 1.165) is 33.6 Å². The number of nitrogens with zero attached hydrogens (tertiary/aromatic N) is 2. The lowest BCUT2D eigenvalue weighted by Crippen LogP contribution is -2.63. The van der Waals surface area contributed by atoms with Crippen LogP contribution in [0.2, 0.25) is 36.3 Å². The Kier molecular flexibility index (Phi) is 9.30. The van der Waals surface area contributed by atoms with Gasteiger partial charge in [-0.3, -0.25) is 9.59 Å². The molecule has 2 heterocycles. The summed E-state index contributed by atoms with van der Waals surface area (Å²) in [5.74, 6) is 0.497. The van der Waals surface area contributed by atoms with Gasteiger partial charge in [-0.15, -0.1) is 0 Å². The van der Waals surface area contributed by atoms with Crippen LogP contribution in [0.4, 0.5) is 11.4 Å². The van der Waals surface area contributed by atoms with Crippen molar-refractivity contribution in [1.29, 1.82) is 0 Å². The second-order valence-electron chi connectivity index (χ2n) is 18.5. The summed E-state index contributed by atoms with van der Waals surface area (Å²) < 4.78 is 14.8. The van der Waals surface area contributed by atoms with E-state index in [2.05, 4.69) is 110 Å². The van der Waals surface area contributed by atoms with Gasteiger partial charge in [0.25, 0.3) is 0 Å². The molecule has 2 spiro atoms. The first kappa shape index (κ1) is 38.0. The lowest BCUT2D eigenvalue weighted by molar-refractivity contribution is -0.135. The van der Waals surface area contributed by atoms with Gasteiger partial charge in [0.15, 0.2) is 8.32 Å². The van der Waals surface area contributed by atoms with E-state index in [1.807, 2.05) is 82.6 Å². The molecule has 282 valence electrons. The number of carbonyl (C=O) groups excluding carboxylic acids is 2. The van der Waals surface area contributed by atoms with E-state index >= 15 is 9.59 Å². The lowest BCUT2D eigenvalue weighted by atomic mass is 9.53. The molecule has 4 aromatic rings. The number of hydrogen-bond donors (Lipinski definition) is 0. The van der Waals surface area contributed by atoms with Gasteiger partial charge < -0.3 is 18.7 Å². The molecule has 54 heavy (non-hydrogen) atoms. The molecule has 0 N–H and O–H groups in total. The predicted octanol–water partition coefficient (Wildman–Crippen LogP) is 10.7. The van der Waals surface area contributed by atoms with Crippen LogP contribution in [0.15, 0.2) is 121 Å². The molecule has 3 atom stereocenters. The van der Waals surface area contributed by atoms with Crippen LogP contribution in [0.25, 0.3) is 0 Å². The molecule has 1 unspecified atom stereocenters. The molecular formula is C46H56N2O4Si2. The molecule has 3 aliphatic rings. The summed E-state index contributed by atoms with van der Waals surface area (Å²) in [6, 6.07) is 36.5. The van der Waals surface area contributed by atoms with Gasteiger partial charge in [-0.1, -0.05) is 139 Å². The van der Waals surface area contributed by atoms with Crippen molar-refractivity contribution in [3.63, 3.8) is 0 Å². The molecule has 0 bridgehead atoms. The van der Waals surface area contributed by atoms with Crippen LogP contribution in [0.1, 0.15) is 70.2 Å². The van der Waals surface area contributed by atoms with Gasteiger partial charge in [-0.05, 0) is 83.1 Å². The Hall–Kier alpha value is -4.25. The largest absolute Gasteiger partial charge is 0.545 e. The Bertz CT molecular complexity index is 2100. The van der Waals surface area contributed by atoms with Crippen molar-refractivity contribution in [1.82, 2.24) is 0 Å². The highest BCUT2D eigenvalue weighted by Gasteiger charge is 2.72. The molecule has 8 heteroatoms. The average molecular weight is 757 g/mol. The van der Waals surface area contributed by atoms with E-state index in [1.165, 1.54) is 0 Å². The van der Waals surface area contributed by atoms with Crippen LogP contribution >= 0.6 is 0 Å². The molecule has 0 saturated heterocycles. The van der Waals surface area contributed by atoms with Gasteiger partial charge in [0.05, 0.1) is 13.1 Å². The van der Waals surface area contributed by atoms with E-state index in [-0.39, 0.29) is 28.3 Å². The molecule has 2 amide bonds. The van der Waals surface area contributed by atoms with E-state index in [4.69, 9.17) is 8.85 Å². The minimum absolute atomic E-state index is 0.0799. The van der Waals surface area contributed by atoms with Crippen molar-refractivity contribution in [3.8, 4) is 0 Å². The monoisotopic (exact) mass is 756 g/mol. The summed E-state index contributed by atoms with van der Waals surface area (Å²) in [6.45, 7) is 23.2. The number of fused-ring (bicyclic) bond motifs is 5. The van der Waals surface area contributed by atoms with Crippen LogP contribution in [-0.4, -0.2) is 34.6 Å². The van der Waals surface area contributed by atoms with Gasteiger partial charge in [-0.25, -0.2) is 0 Å². The number of carbonyl (C=O) groups is 2. The Morgan fingerprint density at radius 2 is 1.06 bits per heavy atom. The van der Waals surface area contributed by atoms with Crippen LogP contribution < -0.4 is 9.80 Å². The van der Waals surface area contributed by atoms with Crippen molar-refractivity contribution in [3.05, 3.63) is 143 Å². The van der Waals surface area contributed by atoms with Crippen LogP contribution in [0, 0.1) is 0 Å². The minimum atomic E-state index is -2.47. The molecule has 4 aromatic carbocycles. The topological polar surface area (TPSA) is 59.1 Å². The van der Waals surface area contributed by atoms with Crippen molar-refractivity contribution >= 4 is 39.8 Å². The first-order chi connectivity index (χ1) is 25.3. The molecule has 0 radical (unpaired) electrons. The summed E-state index contributed by atoms with van der Waals surface area (Å²) in [5.41, 5.74) is 2.69. The zero-order chi connectivity index (χ0) is 38.9. The summed E-state index contributed by atoms with van der Waals surface area (Å²) >= 11 is 0. The third-order valence-corrected chi connectivity index (χ3v) is 21.9. The SMILES string of the molecule is CC(C)(C)[Si](C)(C)OC1=C[C@]2(C(=O)N(Cc3ccccc3)c3ccccc32)[C@@]2(CC1O[Si](C)(C)C(C)(C)C)C(=O)N(Cc1ccccc1)c1ccccc12. The summed E-state index contributed by atoms with van der Waals surface area (Å²) in [6.07, 6.45) is 1.81. The fourth-order valence-electron chi connectivity index (χ4n) is 8.13. The molecule has 0 fully saturated rings. The van der Waals surface area contributed by atoms with Crippen LogP contribution in [0.5, 0.6) is 0 Å². The van der Waals surface area contributed by atoms with Crippen molar-refractivity contribution < 1.29 is 18.4 Å². The van der Waals surface area contributed by atoms with Gasteiger partial charge in [0.2, 0.25) is 20.1 Å². The first-order valence-electron chi connectivity index (χ1n) is 19.3. The number of rotatable bonds is 8. The third kappa shape index (κ3) is 5.92. The zero-order valence-electron chi connectivity index (χ0n) is 33.7. The first-order valence-corrected chi connectivity index (χ1v) is 25.2. The Balaban J connectivity index is 1.54. The average Bonchev–Trinajstić information content (AvgIpc) is 3.48. The van der Waals surface area contributed by atoms with E-state index in [0.29, 0.717) is 18.8 Å². The Morgan fingerprint density at radius 1 is 0.611 bits per heavy atom. The molecule has 7 rings (SSSR count). The Morgan fingerprint density at radius 3 is 1.57 bits per heavy atom. The third-order valence-electron chi connectivity index (χ3n) is 13.1. The molecule has 0 aromatic heterocycles. The predicted molar refractivity (Wildman–Crippen MR) is 225 cm³/mol. The fourth-order valence-corrected chi connectivity index (χ4v) is 10.5. The quantitative estimate of drug-likeness (QED) is 0.168. The minimum Gasteiger partial charge on any atom is -0.545 e. The maximum atomic E-state index is 16.0. The number of anilines is 2. The summed E-state index contributed by atoms with van der Waals surface area (Å²) in [4.78, 5) is 35.9. The highest BCUT2D eigenvalue weighted by atomic mass is 28.4. The zero-order valence-corrected chi connectivity index (χ0v) is 35.7. The highest BCUT2D eigenvalue weighted by Crippen LogP contribution is 2.64. The molecule has 0 saturated carbocycles. The standard InChI is InChI=1S/C46H56N2O4Si2/c1-43(2,3)53(7,8)51-39-29-45(35-25-17-19-27-37(35)47(41(45)49)31-33-21-13-11-14-22-33)46(30-40(39)52-54(9,10)44(4,5)6)36-26-18-20-28-38(36)48(42(46)50)32-34-23-15-12-16-24-34/h11-29,40H,30-32H2,1-10H3/t40?,45-,46+/m0/s1. The fraction of sp³-hybridized carbons (Fsp3) is 0.391. The van der Waals surface area contributed by atoms with Crippen LogP contribution in [0.3, 0.4) is 0 Å². The highest BCUT2D eigenvalue weighted by molar-refractivity contribution is 6.75. The second-order valence-corrected chi connectivity index (χ2v) is 28.0. The van der Waals surface area contributed by atoms with Crippen molar-refractivity contribution in [2.75, 3.05) is 9.80 Å². The van der Waals surface area contributed by atoms with Gasteiger partial charge in [0.1, 0.15) is 22.7 Å². The van der Waals surface area contributed by atoms with Gasteiger partial charge in [-0.2, -0.15) is 0 Å². The maximum absolute atomic E-state index is 16.0. The lowest BCUT2D eigenvalue weighted by Gasteiger charge is -2.52. The Labute approximate surface area is 324 Å². The number of amides is 2. The second kappa shape index (κ2) is 13.2. The van der Waals surface area contributed by atoms with Crippen molar-refractivity contribution in [2.24, 2.45) is 0 Å². The number of benzene rings is 4. The van der Waals surface area contributed by atoms with Gasteiger partial charge in [0, 0.05) is 11.4 Å². The molecule has 2 aliphatic heterocycles. The summed E-state index contributed by atoms with van der Waals surface area (Å²) in [5, 5.41) is -0.215. The molecule has 1 aliphatic carbocycles. The molecular weight excluding hydrogens is 701 g/mol.